The fourth-order valence-corrected chi connectivity index (χ4v) is 4.65. The number of carbonyl (C=O) groups excluding carboxylic acids is 2. The van der Waals surface area contributed by atoms with E-state index in [1.165, 1.54) is 31.3 Å². The number of hydrogen-bond acceptors (Lipinski definition) is 6. The Balaban J connectivity index is 1.78. The molecule has 0 bridgehead atoms. The van der Waals surface area contributed by atoms with Crippen LogP contribution in [-0.2, 0) is 19.6 Å². The molecule has 0 fully saturated rings. The van der Waals surface area contributed by atoms with Crippen molar-refractivity contribution in [3.05, 3.63) is 88.9 Å². The molecule has 34 heavy (non-hydrogen) atoms. The number of amides is 1. The van der Waals surface area contributed by atoms with Crippen LogP contribution in [0.2, 0.25) is 5.02 Å². The molecule has 176 valence electrons. The Hall–Kier alpha value is -3.69. The van der Waals surface area contributed by atoms with Crippen LogP contribution in [0.4, 0.5) is 5.69 Å². The molecule has 1 amide bonds. The number of sulfonamides is 1. The first-order valence-electron chi connectivity index (χ1n) is 10.1. The Morgan fingerprint density at radius 3 is 2.29 bits per heavy atom. The summed E-state index contributed by atoms with van der Waals surface area (Å²) in [4.78, 5) is 23.6. The summed E-state index contributed by atoms with van der Waals surface area (Å²) in [5, 5.41) is 4.06. The van der Waals surface area contributed by atoms with Gasteiger partial charge in [-0.05, 0) is 61.0 Å². The molecule has 10 heteroatoms. The number of benzene rings is 3. The largest absolute Gasteiger partial charge is 0.427 e. The summed E-state index contributed by atoms with van der Waals surface area (Å²) in [6.07, 6.45) is 1.38. The Bertz CT molecular complexity index is 1310. The number of esters is 1. The zero-order chi connectivity index (χ0) is 24.7. The highest BCUT2D eigenvalue weighted by Crippen LogP contribution is 2.30. The first kappa shape index (κ1) is 24.9. The van der Waals surface area contributed by atoms with Crippen molar-refractivity contribution in [2.75, 3.05) is 10.8 Å². The van der Waals surface area contributed by atoms with Gasteiger partial charge in [-0.1, -0.05) is 41.4 Å². The number of hydrazone groups is 1. The second-order valence-corrected chi connectivity index (χ2v) is 9.50. The monoisotopic (exact) mass is 499 g/mol. The zero-order valence-corrected chi connectivity index (χ0v) is 20.0. The van der Waals surface area contributed by atoms with Crippen LogP contribution >= 0.6 is 11.6 Å². The topological polar surface area (TPSA) is 105 Å². The lowest BCUT2D eigenvalue weighted by molar-refractivity contribution is -0.131. The highest BCUT2D eigenvalue weighted by Gasteiger charge is 2.28. The summed E-state index contributed by atoms with van der Waals surface area (Å²) in [5.41, 5.74) is 4.03. The molecule has 0 aliphatic carbocycles. The number of nitrogens with one attached hydrogen (secondary N) is 1. The number of rotatable bonds is 8. The third-order valence-electron chi connectivity index (χ3n) is 4.56. The maximum atomic E-state index is 13.3. The number of aryl methyl sites for hydroxylation is 1. The van der Waals surface area contributed by atoms with Gasteiger partial charge in [0.2, 0.25) is 0 Å². The van der Waals surface area contributed by atoms with E-state index >= 15 is 0 Å². The zero-order valence-electron chi connectivity index (χ0n) is 18.4. The smallest absolute Gasteiger partial charge is 0.308 e. The summed E-state index contributed by atoms with van der Waals surface area (Å²) in [6, 6.07) is 19.1. The van der Waals surface area contributed by atoms with E-state index in [4.69, 9.17) is 16.3 Å². The lowest BCUT2D eigenvalue weighted by Crippen LogP contribution is -2.39. The minimum atomic E-state index is -4.09. The molecule has 1 N–H and O–H groups in total. The first-order chi connectivity index (χ1) is 16.2. The molecule has 0 spiro atoms. The number of hydrogen-bond donors (Lipinski definition) is 1. The number of anilines is 1. The molecule has 3 aromatic rings. The summed E-state index contributed by atoms with van der Waals surface area (Å²) in [5.74, 6) is -0.717. The minimum absolute atomic E-state index is 0.0298. The molecule has 3 rings (SSSR count). The fraction of sp³-hybridized carbons (Fsp3) is 0.125. The van der Waals surface area contributed by atoms with E-state index in [0.717, 1.165) is 9.87 Å². The van der Waals surface area contributed by atoms with Crippen molar-refractivity contribution >= 4 is 45.4 Å². The number of halogens is 1. The van der Waals surface area contributed by atoms with Gasteiger partial charge in [-0.15, -0.1) is 0 Å². The van der Waals surface area contributed by atoms with E-state index in [2.05, 4.69) is 10.5 Å². The molecule has 0 heterocycles. The van der Waals surface area contributed by atoms with Crippen LogP contribution in [0.15, 0.2) is 82.8 Å². The van der Waals surface area contributed by atoms with Gasteiger partial charge in [0.25, 0.3) is 15.9 Å². The molecular weight excluding hydrogens is 478 g/mol. The highest BCUT2D eigenvalue weighted by molar-refractivity contribution is 7.92. The van der Waals surface area contributed by atoms with Crippen molar-refractivity contribution in [1.29, 1.82) is 0 Å². The first-order valence-corrected chi connectivity index (χ1v) is 11.9. The van der Waals surface area contributed by atoms with Crippen molar-refractivity contribution in [3.63, 3.8) is 0 Å². The number of carbonyl (C=O) groups is 2. The molecule has 0 aromatic heterocycles. The van der Waals surface area contributed by atoms with E-state index in [0.29, 0.717) is 11.3 Å². The van der Waals surface area contributed by atoms with Gasteiger partial charge in [-0.3, -0.25) is 13.9 Å². The Morgan fingerprint density at radius 1 is 1.03 bits per heavy atom. The van der Waals surface area contributed by atoms with Crippen LogP contribution in [-0.4, -0.2) is 33.1 Å². The predicted molar refractivity (Wildman–Crippen MR) is 131 cm³/mol. The summed E-state index contributed by atoms with van der Waals surface area (Å²) < 4.78 is 32.6. The number of para-hydroxylation sites is 1. The van der Waals surface area contributed by atoms with Gasteiger partial charge in [0, 0.05) is 6.92 Å². The molecule has 0 unspecified atom stereocenters. The predicted octanol–water partition coefficient (Wildman–Crippen LogP) is 3.92. The molecular formula is C24H22ClN3O5S. The van der Waals surface area contributed by atoms with Gasteiger partial charge in [-0.2, -0.15) is 5.10 Å². The minimum Gasteiger partial charge on any atom is -0.427 e. The van der Waals surface area contributed by atoms with Crippen molar-refractivity contribution in [2.24, 2.45) is 5.10 Å². The lowest BCUT2D eigenvalue weighted by atomic mass is 10.2. The maximum Gasteiger partial charge on any atom is 0.308 e. The molecule has 0 radical (unpaired) electrons. The van der Waals surface area contributed by atoms with Crippen molar-refractivity contribution in [2.45, 2.75) is 18.7 Å². The second-order valence-electron chi connectivity index (χ2n) is 7.23. The van der Waals surface area contributed by atoms with Crippen LogP contribution in [0.3, 0.4) is 0 Å². The van der Waals surface area contributed by atoms with E-state index in [1.54, 1.807) is 54.6 Å². The Morgan fingerprint density at radius 2 is 1.68 bits per heavy atom. The average Bonchev–Trinajstić information content (AvgIpc) is 2.79. The van der Waals surface area contributed by atoms with Crippen LogP contribution in [0.25, 0.3) is 0 Å². The third-order valence-corrected chi connectivity index (χ3v) is 6.66. The van der Waals surface area contributed by atoms with Gasteiger partial charge in [0.05, 0.1) is 21.8 Å². The van der Waals surface area contributed by atoms with Gasteiger partial charge >= 0.3 is 5.97 Å². The summed E-state index contributed by atoms with van der Waals surface area (Å²) in [7, 11) is -4.09. The third kappa shape index (κ3) is 6.43. The van der Waals surface area contributed by atoms with Crippen LogP contribution in [0.1, 0.15) is 18.1 Å². The summed E-state index contributed by atoms with van der Waals surface area (Å²) >= 11 is 6.25. The second kappa shape index (κ2) is 11.0. The average molecular weight is 500 g/mol. The number of nitrogens with zero attached hydrogens (tertiary/aromatic N) is 2. The lowest BCUT2D eigenvalue weighted by Gasteiger charge is -2.24. The molecule has 0 atom stereocenters. The van der Waals surface area contributed by atoms with E-state index in [1.807, 2.05) is 6.92 Å². The molecule has 8 nitrogen and oxygen atoms in total. The maximum absolute atomic E-state index is 13.3. The van der Waals surface area contributed by atoms with E-state index < -0.39 is 28.4 Å². The van der Waals surface area contributed by atoms with Gasteiger partial charge in [0.1, 0.15) is 12.3 Å². The van der Waals surface area contributed by atoms with Crippen LogP contribution in [0.5, 0.6) is 5.75 Å². The normalized spacial score (nSPS) is 11.3. The van der Waals surface area contributed by atoms with Gasteiger partial charge in [-0.25, -0.2) is 13.8 Å². The van der Waals surface area contributed by atoms with Crippen LogP contribution < -0.4 is 14.5 Å². The quantitative estimate of drug-likeness (QED) is 0.219. The fourth-order valence-electron chi connectivity index (χ4n) is 2.92. The number of ether oxygens (including phenoxy) is 1. The van der Waals surface area contributed by atoms with Crippen molar-refractivity contribution in [1.82, 2.24) is 5.43 Å². The van der Waals surface area contributed by atoms with E-state index in [-0.39, 0.29) is 15.6 Å². The van der Waals surface area contributed by atoms with Crippen LogP contribution in [0, 0.1) is 6.92 Å². The Kier molecular flexibility index (Phi) is 8.04. The summed E-state index contributed by atoms with van der Waals surface area (Å²) in [6.45, 7) is 2.61. The standard InChI is InChI=1S/C24H22ClN3O5S/c1-17-7-13-21(14-8-17)34(31,32)28(23-6-4-3-5-22(23)25)16-24(30)27-26-15-19-9-11-20(12-10-19)33-18(2)29/h3-15H,16H2,1-2H3,(H,27,30)/b26-15-. The molecule has 0 saturated carbocycles. The highest BCUT2D eigenvalue weighted by atomic mass is 35.5. The molecule has 0 aliphatic rings. The molecule has 3 aromatic carbocycles. The SMILES string of the molecule is CC(=O)Oc1ccc(/C=N\NC(=O)CN(c2ccccc2Cl)S(=O)(=O)c2ccc(C)cc2)cc1. The molecule has 0 aliphatic heterocycles. The van der Waals surface area contributed by atoms with Gasteiger partial charge < -0.3 is 4.74 Å². The van der Waals surface area contributed by atoms with Crippen molar-refractivity contribution in [3.8, 4) is 5.75 Å². The van der Waals surface area contributed by atoms with Crippen molar-refractivity contribution < 1.29 is 22.7 Å². The van der Waals surface area contributed by atoms with E-state index in [9.17, 15) is 18.0 Å². The Labute approximate surface area is 202 Å². The van der Waals surface area contributed by atoms with Gasteiger partial charge in [0.15, 0.2) is 0 Å². The molecule has 0 saturated heterocycles.